The van der Waals surface area contributed by atoms with E-state index in [-0.39, 0.29) is 5.75 Å². The molecule has 7 heteroatoms. The number of aromatic hydroxyl groups is 1. The zero-order valence-corrected chi connectivity index (χ0v) is 15.3. The van der Waals surface area contributed by atoms with Gasteiger partial charge in [-0.25, -0.2) is 9.97 Å². The molecule has 1 aromatic carbocycles. The van der Waals surface area contributed by atoms with Gasteiger partial charge >= 0.3 is 0 Å². The lowest BCUT2D eigenvalue weighted by Gasteiger charge is -2.27. The fourth-order valence-electron chi connectivity index (χ4n) is 2.95. The molecule has 1 fully saturated rings. The number of aromatic nitrogens is 2. The lowest BCUT2D eigenvalue weighted by Crippen LogP contribution is -2.30. The maximum Gasteiger partial charge on any atom is 0.152 e. The van der Waals surface area contributed by atoms with Crippen LogP contribution in [0.15, 0.2) is 29.4 Å². The number of nitrogens with zero attached hydrogens (tertiary/aromatic N) is 4. The summed E-state index contributed by atoms with van der Waals surface area (Å²) in [6, 6.07) is 7.05. The van der Waals surface area contributed by atoms with E-state index < -0.39 is 0 Å². The van der Waals surface area contributed by atoms with Gasteiger partial charge in [0.15, 0.2) is 5.82 Å². The number of nitrogens with one attached hydrogen (secondary N) is 1. The van der Waals surface area contributed by atoms with Gasteiger partial charge in [0, 0.05) is 30.8 Å². The fourth-order valence-corrected chi connectivity index (χ4v) is 2.95. The molecule has 7 nitrogen and oxygen atoms in total. The highest BCUT2D eigenvalue weighted by atomic mass is 16.5. The van der Waals surface area contributed by atoms with E-state index in [4.69, 9.17) is 4.74 Å². The first-order valence-electron chi connectivity index (χ1n) is 9.01. The maximum absolute atomic E-state index is 10.0. The second kappa shape index (κ2) is 8.51. The number of benzene rings is 1. The van der Waals surface area contributed by atoms with Gasteiger partial charge in [-0.3, -0.25) is 5.43 Å². The van der Waals surface area contributed by atoms with Crippen molar-refractivity contribution in [2.75, 3.05) is 30.0 Å². The summed E-state index contributed by atoms with van der Waals surface area (Å²) < 4.78 is 5.36. The predicted octanol–water partition coefficient (Wildman–Crippen LogP) is 3.33. The summed E-state index contributed by atoms with van der Waals surface area (Å²) in [5.74, 6) is 3.02. The third-order valence-corrected chi connectivity index (χ3v) is 4.20. The minimum Gasteiger partial charge on any atom is -0.507 e. The Balaban J connectivity index is 1.69. The van der Waals surface area contributed by atoms with E-state index in [0.29, 0.717) is 29.6 Å². The number of piperidine rings is 1. The van der Waals surface area contributed by atoms with Crippen LogP contribution in [0.2, 0.25) is 0 Å². The van der Waals surface area contributed by atoms with Crippen LogP contribution >= 0.6 is 0 Å². The molecule has 0 unspecified atom stereocenters. The Morgan fingerprint density at radius 2 is 2.04 bits per heavy atom. The minimum absolute atomic E-state index is 0.120. The molecule has 2 heterocycles. The second-order valence-electron chi connectivity index (χ2n) is 6.23. The normalized spacial score (nSPS) is 14.6. The van der Waals surface area contributed by atoms with Gasteiger partial charge in [-0.05, 0) is 45.2 Å². The highest BCUT2D eigenvalue weighted by molar-refractivity contribution is 5.84. The molecule has 2 aromatic rings. The SMILES string of the molecule is CCOc1ccc(C=NNc2cc(N3CCCCC3)nc(C)n2)c(O)c1. The van der Waals surface area contributed by atoms with Gasteiger partial charge in [0.05, 0.1) is 12.8 Å². The van der Waals surface area contributed by atoms with Crippen molar-refractivity contribution in [3.63, 3.8) is 0 Å². The van der Waals surface area contributed by atoms with Crippen LogP contribution in [0.3, 0.4) is 0 Å². The summed E-state index contributed by atoms with van der Waals surface area (Å²) in [6.45, 7) is 6.39. The van der Waals surface area contributed by atoms with Gasteiger partial charge in [0.25, 0.3) is 0 Å². The number of phenols is 1. The van der Waals surface area contributed by atoms with Crippen molar-refractivity contribution in [2.24, 2.45) is 5.10 Å². The lowest BCUT2D eigenvalue weighted by atomic mass is 10.1. The number of anilines is 2. The standard InChI is InChI=1S/C19H25N5O2/c1-3-26-16-8-7-15(17(25)11-16)13-20-23-18-12-19(22-14(2)21-18)24-9-5-4-6-10-24/h7-8,11-13,25H,3-6,9-10H2,1-2H3,(H,21,22,23). The number of hydrogen-bond acceptors (Lipinski definition) is 7. The van der Waals surface area contributed by atoms with Crippen molar-refractivity contribution in [3.8, 4) is 11.5 Å². The molecule has 0 atom stereocenters. The number of ether oxygens (including phenoxy) is 1. The Kier molecular flexibility index (Phi) is 5.88. The Bertz CT molecular complexity index is 773. The van der Waals surface area contributed by atoms with Crippen LogP contribution in [0.5, 0.6) is 11.5 Å². The largest absolute Gasteiger partial charge is 0.507 e. The van der Waals surface area contributed by atoms with E-state index >= 15 is 0 Å². The van der Waals surface area contributed by atoms with Crippen molar-refractivity contribution in [3.05, 3.63) is 35.7 Å². The van der Waals surface area contributed by atoms with Crippen LogP contribution < -0.4 is 15.1 Å². The molecule has 1 saturated heterocycles. The van der Waals surface area contributed by atoms with Crippen LogP contribution in [0.4, 0.5) is 11.6 Å². The Morgan fingerprint density at radius 1 is 1.23 bits per heavy atom. The molecule has 1 aromatic heterocycles. The summed E-state index contributed by atoms with van der Waals surface area (Å²) in [7, 11) is 0. The van der Waals surface area contributed by atoms with E-state index in [2.05, 4.69) is 25.4 Å². The first-order chi connectivity index (χ1) is 12.7. The second-order valence-corrected chi connectivity index (χ2v) is 6.23. The van der Waals surface area contributed by atoms with Crippen molar-refractivity contribution < 1.29 is 9.84 Å². The van der Waals surface area contributed by atoms with Gasteiger partial charge in [-0.15, -0.1) is 0 Å². The highest BCUT2D eigenvalue weighted by Crippen LogP contribution is 2.23. The van der Waals surface area contributed by atoms with E-state index in [1.807, 2.05) is 19.9 Å². The Labute approximate surface area is 153 Å². The molecule has 3 rings (SSSR count). The van der Waals surface area contributed by atoms with Crippen molar-refractivity contribution in [1.29, 1.82) is 0 Å². The van der Waals surface area contributed by atoms with E-state index in [1.54, 1.807) is 24.4 Å². The van der Waals surface area contributed by atoms with Crippen LogP contribution in [-0.2, 0) is 0 Å². The van der Waals surface area contributed by atoms with Gasteiger partial charge in [0.2, 0.25) is 0 Å². The molecule has 1 aliphatic heterocycles. The molecule has 1 aliphatic rings. The Hall–Kier alpha value is -2.83. The monoisotopic (exact) mass is 355 g/mol. The molecule has 0 aliphatic carbocycles. The third-order valence-electron chi connectivity index (χ3n) is 4.20. The molecule has 2 N–H and O–H groups in total. The zero-order valence-electron chi connectivity index (χ0n) is 15.3. The minimum atomic E-state index is 0.120. The first-order valence-corrected chi connectivity index (χ1v) is 9.01. The molecule has 0 radical (unpaired) electrons. The van der Waals surface area contributed by atoms with Crippen molar-refractivity contribution in [1.82, 2.24) is 9.97 Å². The van der Waals surface area contributed by atoms with Crippen LogP contribution in [0, 0.1) is 6.92 Å². The average Bonchev–Trinajstić information content (AvgIpc) is 2.64. The first kappa shape index (κ1) is 18.0. The molecular formula is C19H25N5O2. The summed E-state index contributed by atoms with van der Waals surface area (Å²) in [4.78, 5) is 11.2. The van der Waals surface area contributed by atoms with Crippen molar-refractivity contribution >= 4 is 17.9 Å². The summed E-state index contributed by atoms with van der Waals surface area (Å²) in [6.07, 6.45) is 5.23. The number of hydrogen-bond donors (Lipinski definition) is 2. The highest BCUT2D eigenvalue weighted by Gasteiger charge is 2.13. The number of rotatable bonds is 6. The van der Waals surface area contributed by atoms with Gasteiger partial charge < -0.3 is 14.7 Å². The van der Waals surface area contributed by atoms with Gasteiger partial charge in [0.1, 0.15) is 23.1 Å². The Morgan fingerprint density at radius 3 is 2.77 bits per heavy atom. The third kappa shape index (κ3) is 4.62. The molecule has 0 spiro atoms. The van der Waals surface area contributed by atoms with Crippen molar-refractivity contribution in [2.45, 2.75) is 33.1 Å². The molecule has 0 bridgehead atoms. The zero-order chi connectivity index (χ0) is 18.4. The number of hydrazone groups is 1. The number of aryl methyl sites for hydroxylation is 1. The molecule has 138 valence electrons. The summed E-state index contributed by atoms with van der Waals surface area (Å²) in [5.41, 5.74) is 3.53. The number of phenolic OH excluding ortho intramolecular Hbond substituents is 1. The molecule has 0 amide bonds. The van der Waals surface area contributed by atoms with Crippen LogP contribution in [-0.4, -0.2) is 41.0 Å². The smallest absolute Gasteiger partial charge is 0.152 e. The molecule has 26 heavy (non-hydrogen) atoms. The average molecular weight is 355 g/mol. The van der Waals surface area contributed by atoms with E-state index in [9.17, 15) is 5.11 Å². The van der Waals surface area contributed by atoms with E-state index in [1.165, 1.54) is 19.3 Å². The maximum atomic E-state index is 10.0. The quantitative estimate of drug-likeness (QED) is 0.611. The molecule has 0 saturated carbocycles. The van der Waals surface area contributed by atoms with Gasteiger partial charge in [-0.1, -0.05) is 0 Å². The summed E-state index contributed by atoms with van der Waals surface area (Å²) >= 11 is 0. The molecular weight excluding hydrogens is 330 g/mol. The summed E-state index contributed by atoms with van der Waals surface area (Å²) in [5, 5.41) is 14.2. The predicted molar refractivity (Wildman–Crippen MR) is 103 cm³/mol. The van der Waals surface area contributed by atoms with Gasteiger partial charge in [-0.2, -0.15) is 5.10 Å². The fraction of sp³-hybridized carbons (Fsp3) is 0.421. The van der Waals surface area contributed by atoms with E-state index in [0.717, 1.165) is 18.9 Å². The van der Waals surface area contributed by atoms with Crippen LogP contribution in [0.1, 0.15) is 37.6 Å². The van der Waals surface area contributed by atoms with Crippen LogP contribution in [0.25, 0.3) is 0 Å². The lowest BCUT2D eigenvalue weighted by molar-refractivity contribution is 0.337. The topological polar surface area (TPSA) is 82.9 Å².